The Hall–Kier alpha value is -1.18. The van der Waals surface area contributed by atoms with Crippen molar-refractivity contribution in [2.24, 2.45) is 5.92 Å². The summed E-state index contributed by atoms with van der Waals surface area (Å²) in [6.07, 6.45) is 4.19. The van der Waals surface area contributed by atoms with Gasteiger partial charge in [-0.2, -0.15) is 0 Å². The SMILES string of the molecule is CCC(C)CCCNC(=O)c1cnc(OCC(O)CNC(C)C)s1. The second-order valence-electron chi connectivity index (χ2n) is 6.43. The average molecular weight is 358 g/mol. The highest BCUT2D eigenvalue weighted by Gasteiger charge is 2.13. The van der Waals surface area contributed by atoms with Crippen LogP contribution in [0.25, 0.3) is 0 Å². The van der Waals surface area contributed by atoms with Gasteiger partial charge in [-0.05, 0) is 18.8 Å². The minimum Gasteiger partial charge on any atom is -0.467 e. The number of carbonyl (C=O) groups excluding carboxylic acids is 1. The highest BCUT2D eigenvalue weighted by Crippen LogP contribution is 2.20. The quantitative estimate of drug-likeness (QED) is 0.501. The van der Waals surface area contributed by atoms with E-state index in [9.17, 15) is 9.90 Å². The number of aliphatic hydroxyl groups is 1. The van der Waals surface area contributed by atoms with Crippen molar-refractivity contribution < 1.29 is 14.6 Å². The Bertz CT molecular complexity index is 479. The number of aromatic nitrogens is 1. The summed E-state index contributed by atoms with van der Waals surface area (Å²) in [5, 5.41) is 16.2. The molecule has 0 bridgehead atoms. The third-order valence-corrected chi connectivity index (χ3v) is 4.63. The largest absolute Gasteiger partial charge is 0.467 e. The van der Waals surface area contributed by atoms with Crippen LogP contribution in [0.4, 0.5) is 0 Å². The molecule has 6 nitrogen and oxygen atoms in total. The lowest BCUT2D eigenvalue weighted by Crippen LogP contribution is -2.35. The molecular formula is C17H31N3O3S. The minimum absolute atomic E-state index is 0.117. The Morgan fingerprint density at radius 2 is 2.17 bits per heavy atom. The number of thiazole rings is 1. The molecule has 0 aliphatic rings. The maximum Gasteiger partial charge on any atom is 0.273 e. The normalized spacial score (nSPS) is 13.8. The van der Waals surface area contributed by atoms with E-state index in [1.165, 1.54) is 24.0 Å². The summed E-state index contributed by atoms with van der Waals surface area (Å²) in [4.78, 5) is 16.6. The summed E-state index contributed by atoms with van der Waals surface area (Å²) in [5.74, 6) is 0.579. The molecule has 0 aliphatic heterocycles. The molecule has 0 saturated heterocycles. The van der Waals surface area contributed by atoms with Crippen LogP contribution in [0, 0.1) is 5.92 Å². The lowest BCUT2D eigenvalue weighted by molar-refractivity contribution is 0.0956. The summed E-state index contributed by atoms with van der Waals surface area (Å²) < 4.78 is 5.44. The van der Waals surface area contributed by atoms with E-state index in [-0.39, 0.29) is 12.5 Å². The number of nitrogens with zero attached hydrogens (tertiary/aromatic N) is 1. The molecule has 0 radical (unpaired) electrons. The van der Waals surface area contributed by atoms with Crippen molar-refractivity contribution in [3.63, 3.8) is 0 Å². The number of carbonyl (C=O) groups is 1. The highest BCUT2D eigenvalue weighted by atomic mass is 32.1. The molecule has 1 aromatic heterocycles. The van der Waals surface area contributed by atoms with Crippen LogP contribution in [-0.4, -0.2) is 47.8 Å². The third kappa shape index (κ3) is 8.61. The van der Waals surface area contributed by atoms with Crippen LogP contribution in [-0.2, 0) is 0 Å². The lowest BCUT2D eigenvalue weighted by atomic mass is 10.0. The number of amides is 1. The van der Waals surface area contributed by atoms with Crippen LogP contribution >= 0.6 is 11.3 Å². The second kappa shape index (κ2) is 11.4. The van der Waals surface area contributed by atoms with Crippen molar-refractivity contribution in [2.45, 2.75) is 59.1 Å². The number of ether oxygens (including phenoxy) is 1. The minimum atomic E-state index is -0.603. The Morgan fingerprint density at radius 3 is 2.83 bits per heavy atom. The van der Waals surface area contributed by atoms with Crippen LogP contribution in [0.2, 0.25) is 0 Å². The fourth-order valence-electron chi connectivity index (χ4n) is 1.97. The topological polar surface area (TPSA) is 83.5 Å². The fraction of sp³-hybridized carbons (Fsp3) is 0.765. The van der Waals surface area contributed by atoms with Crippen molar-refractivity contribution in [2.75, 3.05) is 19.7 Å². The van der Waals surface area contributed by atoms with Crippen molar-refractivity contribution in [1.82, 2.24) is 15.6 Å². The summed E-state index contributed by atoms with van der Waals surface area (Å²) in [6.45, 7) is 9.73. The van der Waals surface area contributed by atoms with Gasteiger partial charge in [0.1, 0.15) is 17.6 Å². The number of nitrogens with one attached hydrogen (secondary N) is 2. The average Bonchev–Trinajstić information content (AvgIpc) is 3.03. The lowest BCUT2D eigenvalue weighted by Gasteiger charge is -2.13. The molecule has 1 amide bonds. The molecule has 0 fully saturated rings. The maximum absolute atomic E-state index is 12.0. The molecule has 1 aromatic rings. The smallest absolute Gasteiger partial charge is 0.273 e. The number of hydrogen-bond donors (Lipinski definition) is 3. The van der Waals surface area contributed by atoms with Gasteiger partial charge >= 0.3 is 0 Å². The van der Waals surface area contributed by atoms with E-state index in [0.29, 0.717) is 35.1 Å². The molecule has 2 atom stereocenters. The zero-order chi connectivity index (χ0) is 17.9. The van der Waals surface area contributed by atoms with Gasteiger partial charge in [0.15, 0.2) is 0 Å². The van der Waals surface area contributed by atoms with Gasteiger partial charge in [0.2, 0.25) is 0 Å². The van der Waals surface area contributed by atoms with Gasteiger partial charge in [0.25, 0.3) is 11.1 Å². The van der Waals surface area contributed by atoms with Crippen LogP contribution < -0.4 is 15.4 Å². The van der Waals surface area contributed by atoms with E-state index in [2.05, 4.69) is 29.5 Å². The molecule has 0 aliphatic carbocycles. The summed E-state index contributed by atoms with van der Waals surface area (Å²) >= 11 is 1.20. The molecule has 0 aromatic carbocycles. The molecule has 0 saturated carbocycles. The molecule has 7 heteroatoms. The van der Waals surface area contributed by atoms with E-state index < -0.39 is 6.10 Å². The Morgan fingerprint density at radius 1 is 1.42 bits per heavy atom. The molecule has 1 rings (SSSR count). The zero-order valence-electron chi connectivity index (χ0n) is 15.2. The van der Waals surface area contributed by atoms with Gasteiger partial charge in [-0.1, -0.05) is 45.5 Å². The predicted octanol–water partition coefficient (Wildman–Crippen LogP) is 2.44. The summed E-state index contributed by atoms with van der Waals surface area (Å²) in [7, 11) is 0. The van der Waals surface area contributed by atoms with Crippen molar-refractivity contribution >= 4 is 17.2 Å². The van der Waals surface area contributed by atoms with Gasteiger partial charge in [-0.15, -0.1) is 0 Å². The highest BCUT2D eigenvalue weighted by molar-refractivity contribution is 7.15. The van der Waals surface area contributed by atoms with E-state index in [1.54, 1.807) is 0 Å². The first-order chi connectivity index (χ1) is 11.4. The molecule has 138 valence electrons. The molecular weight excluding hydrogens is 326 g/mol. The Balaban J connectivity index is 2.27. The molecule has 2 unspecified atom stereocenters. The van der Waals surface area contributed by atoms with Crippen LogP contribution in [0.3, 0.4) is 0 Å². The molecule has 0 spiro atoms. The summed E-state index contributed by atoms with van der Waals surface area (Å²) in [6, 6.07) is 0.315. The molecule has 24 heavy (non-hydrogen) atoms. The van der Waals surface area contributed by atoms with Crippen LogP contribution in [0.1, 0.15) is 56.6 Å². The van der Waals surface area contributed by atoms with Crippen LogP contribution in [0.15, 0.2) is 6.20 Å². The number of aliphatic hydroxyl groups excluding tert-OH is 1. The van der Waals surface area contributed by atoms with E-state index in [1.807, 2.05) is 13.8 Å². The maximum atomic E-state index is 12.0. The fourth-order valence-corrected chi connectivity index (χ4v) is 2.66. The van der Waals surface area contributed by atoms with E-state index in [4.69, 9.17) is 4.74 Å². The van der Waals surface area contributed by atoms with Gasteiger partial charge in [-0.25, -0.2) is 4.98 Å². The van der Waals surface area contributed by atoms with Gasteiger partial charge in [0.05, 0.1) is 6.20 Å². The van der Waals surface area contributed by atoms with Crippen molar-refractivity contribution in [3.8, 4) is 5.19 Å². The van der Waals surface area contributed by atoms with E-state index >= 15 is 0 Å². The first-order valence-electron chi connectivity index (χ1n) is 8.70. The van der Waals surface area contributed by atoms with Gasteiger partial charge in [0, 0.05) is 19.1 Å². The molecule has 3 N–H and O–H groups in total. The van der Waals surface area contributed by atoms with Gasteiger partial charge < -0.3 is 20.5 Å². The van der Waals surface area contributed by atoms with E-state index in [0.717, 1.165) is 12.8 Å². The number of rotatable bonds is 12. The first-order valence-corrected chi connectivity index (χ1v) is 9.52. The third-order valence-electron chi connectivity index (χ3n) is 3.73. The first kappa shape index (κ1) is 20.9. The van der Waals surface area contributed by atoms with Gasteiger partial charge in [-0.3, -0.25) is 4.79 Å². The Labute approximate surface area is 149 Å². The zero-order valence-corrected chi connectivity index (χ0v) is 16.0. The summed E-state index contributed by atoms with van der Waals surface area (Å²) in [5.41, 5.74) is 0. The van der Waals surface area contributed by atoms with Crippen molar-refractivity contribution in [3.05, 3.63) is 11.1 Å². The molecule has 1 heterocycles. The predicted molar refractivity (Wildman–Crippen MR) is 97.8 cm³/mol. The van der Waals surface area contributed by atoms with Crippen LogP contribution in [0.5, 0.6) is 5.19 Å². The number of hydrogen-bond acceptors (Lipinski definition) is 6. The standard InChI is InChI=1S/C17H31N3O3S/c1-5-13(4)7-6-8-18-16(22)15-10-20-17(24-15)23-11-14(21)9-19-12(2)3/h10,12-14,19,21H,5-9,11H2,1-4H3,(H,18,22). The Kier molecular flexibility index (Phi) is 9.90. The van der Waals surface area contributed by atoms with Crippen molar-refractivity contribution in [1.29, 1.82) is 0 Å². The monoisotopic (exact) mass is 357 g/mol. The second-order valence-corrected chi connectivity index (χ2v) is 7.42.